The van der Waals surface area contributed by atoms with E-state index in [1.807, 2.05) is 12.3 Å². The molecule has 1 N–H and O–H groups in total. The molecule has 0 aliphatic carbocycles. The van der Waals surface area contributed by atoms with Crippen molar-refractivity contribution in [1.29, 1.82) is 0 Å². The first-order valence-corrected chi connectivity index (χ1v) is 8.25. The Balaban J connectivity index is 1.79. The number of nitrogens with zero attached hydrogens (tertiary/aromatic N) is 2. The van der Waals surface area contributed by atoms with Crippen molar-refractivity contribution in [2.75, 3.05) is 19.7 Å². The summed E-state index contributed by atoms with van der Waals surface area (Å²) in [4.78, 5) is 9.19. The van der Waals surface area contributed by atoms with Gasteiger partial charge >= 0.3 is 0 Å². The normalized spacial score (nSPS) is 17.2. The van der Waals surface area contributed by atoms with Crippen LogP contribution in [-0.2, 0) is 6.42 Å². The highest BCUT2D eigenvalue weighted by molar-refractivity contribution is 5.85. The second-order valence-corrected chi connectivity index (χ2v) is 6.21. The lowest BCUT2D eigenvalue weighted by molar-refractivity contribution is 0.352. The van der Waals surface area contributed by atoms with Crippen molar-refractivity contribution in [3.05, 3.63) is 58.9 Å². The van der Waals surface area contributed by atoms with E-state index in [1.165, 1.54) is 16.7 Å². The van der Waals surface area contributed by atoms with Crippen LogP contribution < -0.4 is 10.1 Å². The van der Waals surface area contributed by atoms with E-state index < -0.39 is 0 Å². The van der Waals surface area contributed by atoms with Crippen LogP contribution in [0.2, 0.25) is 0 Å². The van der Waals surface area contributed by atoms with Gasteiger partial charge in [0.2, 0.25) is 0 Å². The minimum absolute atomic E-state index is 0.173. The molecular formula is C19H21N3O. The van der Waals surface area contributed by atoms with Crippen molar-refractivity contribution in [2.45, 2.75) is 25.7 Å². The average Bonchev–Trinajstić information content (AvgIpc) is 3.24. The fraction of sp³-hybridized carbons (Fsp3) is 0.368. The smallest absolute Gasteiger partial charge is 0.126 e. The van der Waals surface area contributed by atoms with Gasteiger partial charge in [-0.3, -0.25) is 9.98 Å². The van der Waals surface area contributed by atoms with E-state index in [4.69, 9.17) is 4.74 Å². The van der Waals surface area contributed by atoms with Crippen LogP contribution in [0.5, 0.6) is 5.75 Å². The molecule has 0 fully saturated rings. The summed E-state index contributed by atoms with van der Waals surface area (Å²) in [5.41, 5.74) is 4.92. The highest BCUT2D eigenvalue weighted by Crippen LogP contribution is 2.39. The highest BCUT2D eigenvalue weighted by atomic mass is 16.5. The monoisotopic (exact) mass is 307 g/mol. The number of amidine groups is 1. The summed E-state index contributed by atoms with van der Waals surface area (Å²) in [7, 11) is 0. The molecule has 4 nitrogen and oxygen atoms in total. The Morgan fingerprint density at radius 3 is 3.04 bits per heavy atom. The number of fused-ring (bicyclic) bond motifs is 1. The molecule has 0 saturated heterocycles. The van der Waals surface area contributed by atoms with Gasteiger partial charge in [-0.15, -0.1) is 0 Å². The van der Waals surface area contributed by atoms with E-state index in [-0.39, 0.29) is 5.92 Å². The number of hydrogen-bond acceptors (Lipinski definition) is 4. The lowest BCUT2D eigenvalue weighted by atomic mass is 9.88. The Hall–Kier alpha value is -2.36. The molecule has 3 heterocycles. The van der Waals surface area contributed by atoms with Crippen LogP contribution in [0.3, 0.4) is 0 Å². The molecule has 1 aromatic carbocycles. The quantitative estimate of drug-likeness (QED) is 0.945. The van der Waals surface area contributed by atoms with Gasteiger partial charge < -0.3 is 10.1 Å². The van der Waals surface area contributed by atoms with Crippen molar-refractivity contribution in [3.8, 4) is 5.75 Å². The molecule has 0 saturated carbocycles. The number of aromatic nitrogens is 1. The maximum absolute atomic E-state index is 5.96. The van der Waals surface area contributed by atoms with Gasteiger partial charge in [0.1, 0.15) is 5.75 Å². The molecule has 0 spiro atoms. The van der Waals surface area contributed by atoms with E-state index in [1.54, 1.807) is 0 Å². The largest absolute Gasteiger partial charge is 0.493 e. The summed E-state index contributed by atoms with van der Waals surface area (Å²) in [6, 6.07) is 10.6. The van der Waals surface area contributed by atoms with Crippen molar-refractivity contribution in [2.24, 2.45) is 4.99 Å². The van der Waals surface area contributed by atoms with Crippen LogP contribution in [-0.4, -0.2) is 30.5 Å². The van der Waals surface area contributed by atoms with Gasteiger partial charge in [0.05, 0.1) is 19.0 Å². The predicted octanol–water partition coefficient (Wildman–Crippen LogP) is 2.85. The number of rotatable bonds is 4. The van der Waals surface area contributed by atoms with Crippen LogP contribution in [0.1, 0.15) is 34.7 Å². The number of ether oxygens (including phenoxy) is 1. The Morgan fingerprint density at radius 2 is 2.26 bits per heavy atom. The van der Waals surface area contributed by atoms with Crippen LogP contribution in [0.15, 0.2) is 41.5 Å². The summed E-state index contributed by atoms with van der Waals surface area (Å²) < 4.78 is 5.96. The molecular weight excluding hydrogens is 286 g/mol. The van der Waals surface area contributed by atoms with E-state index in [9.17, 15) is 0 Å². The first-order chi connectivity index (χ1) is 11.3. The molecule has 0 bridgehead atoms. The zero-order valence-corrected chi connectivity index (χ0v) is 13.4. The molecule has 118 valence electrons. The number of aryl methyl sites for hydroxylation is 1. The van der Waals surface area contributed by atoms with Gasteiger partial charge in [0.25, 0.3) is 0 Å². The highest BCUT2D eigenvalue weighted by Gasteiger charge is 2.26. The van der Waals surface area contributed by atoms with Gasteiger partial charge in [0, 0.05) is 42.8 Å². The molecule has 1 atom stereocenters. The summed E-state index contributed by atoms with van der Waals surface area (Å²) in [5, 5.41) is 3.39. The zero-order chi connectivity index (χ0) is 15.6. The van der Waals surface area contributed by atoms with Gasteiger partial charge in [-0.25, -0.2) is 0 Å². The standard InChI is InChI=1S/C19H21N3O/c1-13-10-14-5-9-23-19(14)16(11-13)15(12-18-21-7-8-22-18)17-4-2-3-6-20-17/h2-4,6,10-11,15H,5,7-9,12H2,1H3,(H,21,22). The minimum atomic E-state index is 0.173. The van der Waals surface area contributed by atoms with Crippen molar-refractivity contribution in [3.63, 3.8) is 0 Å². The third-order valence-corrected chi connectivity index (χ3v) is 4.52. The molecule has 23 heavy (non-hydrogen) atoms. The number of pyridine rings is 1. The van der Waals surface area contributed by atoms with Crippen LogP contribution >= 0.6 is 0 Å². The van der Waals surface area contributed by atoms with Gasteiger partial charge in [-0.1, -0.05) is 23.8 Å². The van der Waals surface area contributed by atoms with Crippen LogP contribution in [0.25, 0.3) is 0 Å². The second kappa shape index (κ2) is 6.03. The van der Waals surface area contributed by atoms with Crippen molar-refractivity contribution < 1.29 is 4.74 Å². The molecule has 1 aromatic heterocycles. The van der Waals surface area contributed by atoms with Crippen molar-refractivity contribution >= 4 is 5.84 Å². The van der Waals surface area contributed by atoms with E-state index in [2.05, 4.69) is 46.5 Å². The predicted molar refractivity (Wildman–Crippen MR) is 91.4 cm³/mol. The lowest BCUT2D eigenvalue weighted by Crippen LogP contribution is -2.22. The first-order valence-electron chi connectivity index (χ1n) is 8.25. The molecule has 0 amide bonds. The lowest BCUT2D eigenvalue weighted by Gasteiger charge is -2.20. The van der Waals surface area contributed by atoms with E-state index in [0.717, 1.165) is 49.8 Å². The molecule has 2 aromatic rings. The maximum Gasteiger partial charge on any atom is 0.126 e. The number of aliphatic imine (C=N–C) groups is 1. The Bertz CT molecular complexity index is 740. The van der Waals surface area contributed by atoms with Crippen LogP contribution in [0, 0.1) is 6.92 Å². The second-order valence-electron chi connectivity index (χ2n) is 6.21. The summed E-state index contributed by atoms with van der Waals surface area (Å²) in [6.07, 6.45) is 3.71. The Kier molecular flexibility index (Phi) is 3.74. The Labute approximate surface area is 136 Å². The Morgan fingerprint density at radius 1 is 1.30 bits per heavy atom. The summed E-state index contributed by atoms with van der Waals surface area (Å²) in [5.74, 6) is 2.31. The molecule has 2 aliphatic rings. The van der Waals surface area contributed by atoms with E-state index in [0.29, 0.717) is 0 Å². The molecule has 0 radical (unpaired) electrons. The van der Waals surface area contributed by atoms with Gasteiger partial charge in [0.15, 0.2) is 0 Å². The fourth-order valence-corrected chi connectivity index (χ4v) is 3.49. The van der Waals surface area contributed by atoms with Crippen molar-refractivity contribution in [1.82, 2.24) is 10.3 Å². The molecule has 2 aliphatic heterocycles. The molecule has 1 unspecified atom stereocenters. The number of nitrogens with one attached hydrogen (secondary N) is 1. The summed E-state index contributed by atoms with van der Waals surface area (Å²) >= 11 is 0. The third-order valence-electron chi connectivity index (χ3n) is 4.52. The fourth-order valence-electron chi connectivity index (χ4n) is 3.49. The molecule has 4 heteroatoms. The zero-order valence-electron chi connectivity index (χ0n) is 13.4. The third kappa shape index (κ3) is 2.81. The number of benzene rings is 1. The SMILES string of the molecule is Cc1cc2c(c(C(CC3=NCCN3)c3ccccn3)c1)OCC2. The van der Waals surface area contributed by atoms with Gasteiger partial charge in [-0.05, 0) is 24.6 Å². The van der Waals surface area contributed by atoms with E-state index >= 15 is 0 Å². The first kappa shape index (κ1) is 14.2. The average molecular weight is 307 g/mol. The summed E-state index contributed by atoms with van der Waals surface area (Å²) in [6.45, 7) is 4.74. The van der Waals surface area contributed by atoms with Crippen LogP contribution in [0.4, 0.5) is 0 Å². The van der Waals surface area contributed by atoms with Gasteiger partial charge in [-0.2, -0.15) is 0 Å². The molecule has 4 rings (SSSR count). The maximum atomic E-state index is 5.96. The topological polar surface area (TPSA) is 46.5 Å². The number of hydrogen-bond donors (Lipinski definition) is 1. The minimum Gasteiger partial charge on any atom is -0.493 e.